The summed E-state index contributed by atoms with van der Waals surface area (Å²) in [4.78, 5) is 0. The minimum Gasteiger partial charge on any atom is -0.205 e. The van der Waals surface area contributed by atoms with Crippen LogP contribution in [-0.4, -0.2) is 0 Å². The van der Waals surface area contributed by atoms with E-state index >= 15 is 0 Å². The first-order valence-electron chi connectivity index (χ1n) is 5.13. The molecule has 0 radical (unpaired) electrons. The Balaban J connectivity index is 2.41. The van der Waals surface area contributed by atoms with Crippen molar-refractivity contribution in [3.63, 3.8) is 0 Å². The average molecular weight is 178 g/mol. The normalized spacial score (nSPS) is 10.8. The van der Waals surface area contributed by atoms with Gasteiger partial charge in [-0.05, 0) is 12.3 Å². The van der Waals surface area contributed by atoms with E-state index in [2.05, 4.69) is 49.9 Å². The summed E-state index contributed by atoms with van der Waals surface area (Å²) in [5.74, 6) is 0.828. The van der Waals surface area contributed by atoms with Crippen LogP contribution < -0.4 is 4.57 Å². The Hall–Kier alpha value is -0.850. The molecule has 0 fully saturated rings. The predicted octanol–water partition coefficient (Wildman–Crippen LogP) is 2.49. The molecule has 0 saturated heterocycles. The van der Waals surface area contributed by atoms with Gasteiger partial charge in [0.15, 0.2) is 11.9 Å². The standard InChI is InChI=1S/C12H20N/c1-11(2)7-6-9-12-8-4-5-10-13(12)3/h4-5,8,10-11H,6-7,9H2,1-3H3/q+1. The van der Waals surface area contributed by atoms with Crippen LogP contribution in [-0.2, 0) is 13.5 Å². The predicted molar refractivity (Wildman–Crippen MR) is 55.4 cm³/mol. The van der Waals surface area contributed by atoms with Crippen molar-refractivity contribution in [2.24, 2.45) is 13.0 Å². The van der Waals surface area contributed by atoms with Crippen LogP contribution in [0.1, 0.15) is 32.4 Å². The van der Waals surface area contributed by atoms with Crippen molar-refractivity contribution in [3.05, 3.63) is 30.1 Å². The molecule has 0 aliphatic rings. The Bertz CT molecular complexity index is 253. The lowest BCUT2D eigenvalue weighted by Gasteiger charge is -2.02. The van der Waals surface area contributed by atoms with E-state index in [0.29, 0.717) is 0 Å². The molecule has 1 heteroatoms. The van der Waals surface area contributed by atoms with E-state index in [-0.39, 0.29) is 0 Å². The smallest absolute Gasteiger partial charge is 0.181 e. The third-order valence-corrected chi connectivity index (χ3v) is 2.38. The molecule has 1 heterocycles. The number of rotatable bonds is 4. The number of hydrogen-bond acceptors (Lipinski definition) is 0. The van der Waals surface area contributed by atoms with Gasteiger partial charge >= 0.3 is 0 Å². The zero-order valence-electron chi connectivity index (χ0n) is 8.96. The van der Waals surface area contributed by atoms with Gasteiger partial charge in [0.05, 0.1) is 0 Å². The van der Waals surface area contributed by atoms with E-state index in [1.807, 2.05) is 0 Å². The van der Waals surface area contributed by atoms with Crippen LogP contribution in [0.5, 0.6) is 0 Å². The fourth-order valence-corrected chi connectivity index (χ4v) is 1.51. The van der Waals surface area contributed by atoms with Crippen molar-refractivity contribution in [1.29, 1.82) is 0 Å². The van der Waals surface area contributed by atoms with E-state index in [4.69, 9.17) is 0 Å². The molecule has 0 N–H and O–H groups in total. The van der Waals surface area contributed by atoms with Crippen LogP contribution in [0, 0.1) is 5.92 Å². The molecule has 0 atom stereocenters. The summed E-state index contributed by atoms with van der Waals surface area (Å²) in [6.07, 6.45) is 5.95. The molecule has 1 rings (SSSR count). The van der Waals surface area contributed by atoms with Crippen molar-refractivity contribution in [3.8, 4) is 0 Å². The minimum atomic E-state index is 0.828. The van der Waals surface area contributed by atoms with Crippen LogP contribution >= 0.6 is 0 Å². The highest BCUT2D eigenvalue weighted by Crippen LogP contribution is 2.06. The second-order valence-electron chi connectivity index (χ2n) is 4.09. The molecule has 0 saturated carbocycles. The lowest BCUT2D eigenvalue weighted by Crippen LogP contribution is -2.32. The van der Waals surface area contributed by atoms with E-state index in [1.54, 1.807) is 0 Å². The summed E-state index contributed by atoms with van der Waals surface area (Å²) in [6, 6.07) is 6.40. The second kappa shape index (κ2) is 5.00. The molecule has 13 heavy (non-hydrogen) atoms. The number of aromatic nitrogens is 1. The fraction of sp³-hybridized carbons (Fsp3) is 0.583. The summed E-state index contributed by atoms with van der Waals surface area (Å²) < 4.78 is 2.21. The van der Waals surface area contributed by atoms with E-state index < -0.39 is 0 Å². The molecule has 0 bridgehead atoms. The Kier molecular flexibility index (Phi) is 3.94. The van der Waals surface area contributed by atoms with Crippen LogP contribution in [0.25, 0.3) is 0 Å². The van der Waals surface area contributed by atoms with Gasteiger partial charge in [-0.25, -0.2) is 4.57 Å². The fourth-order valence-electron chi connectivity index (χ4n) is 1.51. The van der Waals surface area contributed by atoms with Crippen LogP contribution in [0.2, 0.25) is 0 Å². The summed E-state index contributed by atoms with van der Waals surface area (Å²) in [7, 11) is 2.12. The molecule has 1 aromatic rings. The summed E-state index contributed by atoms with van der Waals surface area (Å²) in [5.41, 5.74) is 1.43. The molecule has 0 unspecified atom stereocenters. The van der Waals surface area contributed by atoms with Crippen LogP contribution in [0.3, 0.4) is 0 Å². The first-order valence-corrected chi connectivity index (χ1v) is 5.13. The van der Waals surface area contributed by atoms with Crippen molar-refractivity contribution < 1.29 is 4.57 Å². The summed E-state index contributed by atoms with van der Waals surface area (Å²) in [5, 5.41) is 0. The van der Waals surface area contributed by atoms with Crippen molar-refractivity contribution >= 4 is 0 Å². The highest BCUT2D eigenvalue weighted by atomic mass is 14.9. The van der Waals surface area contributed by atoms with E-state index in [1.165, 1.54) is 25.0 Å². The highest BCUT2D eigenvalue weighted by molar-refractivity contribution is 4.97. The monoisotopic (exact) mass is 178 g/mol. The lowest BCUT2D eigenvalue weighted by molar-refractivity contribution is -0.679. The lowest BCUT2D eigenvalue weighted by atomic mass is 10.1. The largest absolute Gasteiger partial charge is 0.205 e. The molecule has 0 amide bonds. The van der Waals surface area contributed by atoms with Gasteiger partial charge in [-0.2, -0.15) is 0 Å². The van der Waals surface area contributed by atoms with Gasteiger partial charge in [0.1, 0.15) is 7.05 Å². The Labute approximate surface area is 81.4 Å². The highest BCUT2D eigenvalue weighted by Gasteiger charge is 2.04. The molecular weight excluding hydrogens is 158 g/mol. The van der Waals surface area contributed by atoms with Crippen LogP contribution in [0.15, 0.2) is 24.4 Å². The zero-order chi connectivity index (χ0) is 9.68. The molecule has 0 aliphatic carbocycles. The van der Waals surface area contributed by atoms with Gasteiger partial charge in [-0.1, -0.05) is 26.3 Å². The third-order valence-electron chi connectivity index (χ3n) is 2.38. The first kappa shape index (κ1) is 10.2. The molecule has 0 spiro atoms. The van der Waals surface area contributed by atoms with Crippen molar-refractivity contribution in [2.45, 2.75) is 33.1 Å². The summed E-state index contributed by atoms with van der Waals surface area (Å²) >= 11 is 0. The number of aryl methyl sites for hydroxylation is 2. The SMILES string of the molecule is CC(C)CCCc1cccc[n+]1C. The Morgan fingerprint density at radius 1 is 1.31 bits per heavy atom. The maximum Gasteiger partial charge on any atom is 0.181 e. The topological polar surface area (TPSA) is 3.88 Å². The first-order chi connectivity index (χ1) is 6.20. The van der Waals surface area contributed by atoms with E-state index in [0.717, 1.165) is 5.92 Å². The maximum absolute atomic E-state index is 2.28. The molecule has 1 nitrogen and oxygen atoms in total. The van der Waals surface area contributed by atoms with Gasteiger partial charge in [-0.15, -0.1) is 0 Å². The number of hydrogen-bond donors (Lipinski definition) is 0. The van der Waals surface area contributed by atoms with Crippen molar-refractivity contribution in [2.75, 3.05) is 0 Å². The van der Waals surface area contributed by atoms with Gasteiger partial charge in [0.2, 0.25) is 0 Å². The molecule has 72 valence electrons. The molecule has 0 aliphatic heterocycles. The third kappa shape index (κ3) is 3.58. The van der Waals surface area contributed by atoms with Gasteiger partial charge in [0, 0.05) is 18.6 Å². The van der Waals surface area contributed by atoms with Crippen LogP contribution in [0.4, 0.5) is 0 Å². The van der Waals surface area contributed by atoms with E-state index in [9.17, 15) is 0 Å². The van der Waals surface area contributed by atoms with Gasteiger partial charge in [-0.3, -0.25) is 0 Å². The minimum absolute atomic E-state index is 0.828. The van der Waals surface area contributed by atoms with Gasteiger partial charge < -0.3 is 0 Å². The van der Waals surface area contributed by atoms with Crippen molar-refractivity contribution in [1.82, 2.24) is 0 Å². The van der Waals surface area contributed by atoms with Gasteiger partial charge in [0.25, 0.3) is 0 Å². The number of nitrogens with zero attached hydrogens (tertiary/aromatic N) is 1. The Morgan fingerprint density at radius 3 is 2.69 bits per heavy atom. The second-order valence-corrected chi connectivity index (χ2v) is 4.09. The molecule has 1 aromatic heterocycles. The molecule has 0 aromatic carbocycles. The quantitative estimate of drug-likeness (QED) is 0.624. The average Bonchev–Trinajstić information content (AvgIpc) is 2.08. The zero-order valence-corrected chi connectivity index (χ0v) is 8.96. The number of pyridine rings is 1. The summed E-state index contributed by atoms with van der Waals surface area (Å²) in [6.45, 7) is 4.57. The molecular formula is C12H20N+. The maximum atomic E-state index is 2.28. The Morgan fingerprint density at radius 2 is 2.08 bits per heavy atom.